The molecule has 1 aromatic heterocycles. The maximum atomic E-state index is 13.7. The number of benzene rings is 3. The Labute approximate surface area is 171 Å². The van der Waals surface area contributed by atoms with Crippen LogP contribution in [-0.4, -0.2) is 23.2 Å². The fraction of sp³-hybridized carbons (Fsp3) is 0.0870. The third kappa shape index (κ3) is 3.71. The number of hydrogen-bond donors (Lipinski definition) is 2. The Bertz CT molecular complexity index is 1290. The molecule has 0 spiro atoms. The van der Waals surface area contributed by atoms with Gasteiger partial charge in [-0.25, -0.2) is 4.39 Å². The summed E-state index contributed by atoms with van der Waals surface area (Å²) in [5, 5.41) is 19.9. The lowest BCUT2D eigenvalue weighted by molar-refractivity contribution is 0.0950. The number of amides is 1. The van der Waals surface area contributed by atoms with E-state index in [1.807, 2.05) is 12.1 Å². The second-order valence-corrected chi connectivity index (χ2v) is 6.67. The van der Waals surface area contributed by atoms with Crippen molar-refractivity contribution in [2.75, 3.05) is 7.11 Å². The average Bonchev–Trinajstić information content (AvgIpc) is 3.19. The summed E-state index contributed by atoms with van der Waals surface area (Å²) in [6.07, 6.45) is 0. The van der Waals surface area contributed by atoms with E-state index in [0.717, 1.165) is 16.5 Å². The predicted molar refractivity (Wildman–Crippen MR) is 110 cm³/mol. The Morgan fingerprint density at radius 3 is 2.80 bits per heavy atom. The molecule has 2 N–H and O–H groups in total. The Morgan fingerprint density at radius 2 is 2.03 bits per heavy atom. The van der Waals surface area contributed by atoms with Crippen LogP contribution in [0, 0.1) is 17.1 Å². The minimum atomic E-state index is -0.343. The zero-order valence-electron chi connectivity index (χ0n) is 16.1. The number of nitrogens with zero attached hydrogens (tertiary/aromatic N) is 2. The van der Waals surface area contributed by atoms with Gasteiger partial charge in [0.25, 0.3) is 5.91 Å². The minimum Gasteiger partial charge on any atom is -0.496 e. The molecular formula is C23H17FN4O2. The number of rotatable bonds is 5. The number of H-pyrrole nitrogens is 1. The van der Waals surface area contributed by atoms with Crippen LogP contribution in [0.1, 0.15) is 21.5 Å². The summed E-state index contributed by atoms with van der Waals surface area (Å²) in [5.41, 5.74) is 3.56. The predicted octanol–water partition coefficient (Wildman–Crippen LogP) is 4.18. The summed E-state index contributed by atoms with van der Waals surface area (Å²) < 4.78 is 19.1. The Balaban J connectivity index is 1.65. The van der Waals surface area contributed by atoms with E-state index in [0.29, 0.717) is 28.1 Å². The topological polar surface area (TPSA) is 90.8 Å². The Hall–Kier alpha value is -4.18. The number of ether oxygens (including phenoxy) is 1. The maximum Gasteiger partial charge on any atom is 0.251 e. The van der Waals surface area contributed by atoms with Gasteiger partial charge in [-0.15, -0.1) is 0 Å². The SMILES string of the molecule is COc1cc2[nH]nc(-c3cccc(F)c3)c2cc1CNC(=O)c1cccc(C#N)c1. The van der Waals surface area contributed by atoms with Crippen molar-refractivity contribution < 1.29 is 13.9 Å². The molecule has 1 amide bonds. The van der Waals surface area contributed by atoms with Crippen LogP contribution < -0.4 is 10.1 Å². The molecule has 0 saturated heterocycles. The first-order valence-corrected chi connectivity index (χ1v) is 9.18. The number of aromatic nitrogens is 2. The number of halogens is 1. The van der Waals surface area contributed by atoms with Crippen molar-refractivity contribution in [2.45, 2.75) is 6.54 Å². The van der Waals surface area contributed by atoms with Gasteiger partial charge in [0.05, 0.1) is 24.3 Å². The van der Waals surface area contributed by atoms with Crippen LogP contribution >= 0.6 is 0 Å². The molecule has 3 aromatic carbocycles. The zero-order valence-corrected chi connectivity index (χ0v) is 16.1. The van der Waals surface area contributed by atoms with Gasteiger partial charge in [-0.1, -0.05) is 18.2 Å². The molecule has 1 heterocycles. The van der Waals surface area contributed by atoms with Gasteiger partial charge in [0.15, 0.2) is 0 Å². The van der Waals surface area contributed by atoms with Crippen LogP contribution in [0.2, 0.25) is 0 Å². The molecule has 7 heteroatoms. The Kier molecular flexibility index (Phi) is 5.14. The van der Waals surface area contributed by atoms with Gasteiger partial charge in [-0.2, -0.15) is 10.4 Å². The van der Waals surface area contributed by atoms with E-state index in [4.69, 9.17) is 10.00 Å². The lowest BCUT2D eigenvalue weighted by Crippen LogP contribution is -2.23. The van der Waals surface area contributed by atoms with E-state index in [1.165, 1.54) is 18.2 Å². The molecule has 0 fully saturated rings. The second-order valence-electron chi connectivity index (χ2n) is 6.67. The fourth-order valence-electron chi connectivity index (χ4n) is 3.28. The van der Waals surface area contributed by atoms with Crippen LogP contribution in [0.5, 0.6) is 5.75 Å². The molecule has 0 atom stereocenters. The highest BCUT2D eigenvalue weighted by Crippen LogP contribution is 2.31. The summed E-state index contributed by atoms with van der Waals surface area (Å²) in [7, 11) is 1.55. The highest BCUT2D eigenvalue weighted by Gasteiger charge is 2.14. The highest BCUT2D eigenvalue weighted by molar-refractivity contribution is 5.96. The first kappa shape index (κ1) is 19.2. The summed E-state index contributed by atoms with van der Waals surface area (Å²) in [6, 6.07) is 18.4. The molecule has 4 aromatic rings. The summed E-state index contributed by atoms with van der Waals surface area (Å²) in [5.74, 6) is -0.0564. The van der Waals surface area contributed by atoms with Crippen molar-refractivity contribution in [2.24, 2.45) is 0 Å². The largest absolute Gasteiger partial charge is 0.496 e. The van der Waals surface area contributed by atoms with E-state index in [1.54, 1.807) is 43.5 Å². The monoisotopic (exact) mass is 400 g/mol. The third-order valence-corrected chi connectivity index (χ3v) is 4.76. The fourth-order valence-corrected chi connectivity index (χ4v) is 3.28. The van der Waals surface area contributed by atoms with Crippen LogP contribution in [0.4, 0.5) is 4.39 Å². The molecule has 148 valence electrons. The van der Waals surface area contributed by atoms with Crippen LogP contribution in [0.25, 0.3) is 22.2 Å². The van der Waals surface area contributed by atoms with E-state index in [-0.39, 0.29) is 18.3 Å². The minimum absolute atomic E-state index is 0.211. The molecule has 0 radical (unpaired) electrons. The van der Waals surface area contributed by atoms with Crippen molar-refractivity contribution in [3.05, 3.63) is 83.2 Å². The smallest absolute Gasteiger partial charge is 0.251 e. The van der Waals surface area contributed by atoms with E-state index in [2.05, 4.69) is 15.5 Å². The zero-order chi connectivity index (χ0) is 21.1. The van der Waals surface area contributed by atoms with Crippen LogP contribution in [0.15, 0.2) is 60.7 Å². The van der Waals surface area contributed by atoms with Crippen LogP contribution in [0.3, 0.4) is 0 Å². The summed E-state index contributed by atoms with van der Waals surface area (Å²) in [4.78, 5) is 12.5. The average molecular weight is 400 g/mol. The third-order valence-electron chi connectivity index (χ3n) is 4.76. The summed E-state index contributed by atoms with van der Waals surface area (Å²) in [6.45, 7) is 0.211. The molecule has 0 saturated carbocycles. The number of carbonyl (C=O) groups is 1. The number of hydrogen-bond acceptors (Lipinski definition) is 4. The van der Waals surface area contributed by atoms with Crippen molar-refractivity contribution >= 4 is 16.8 Å². The van der Waals surface area contributed by atoms with Gasteiger partial charge in [-0.05, 0) is 36.4 Å². The molecular weight excluding hydrogens is 383 g/mol. The van der Waals surface area contributed by atoms with Gasteiger partial charge in [0.2, 0.25) is 0 Å². The molecule has 0 bridgehead atoms. The standard InChI is InChI=1S/C23H17FN4O2/c1-30-21-11-20-19(22(28-27-20)15-5-3-7-18(24)9-15)10-17(21)13-26-23(29)16-6-2-4-14(8-16)12-25/h2-11H,13H2,1H3,(H,26,29)(H,27,28). The first-order valence-electron chi connectivity index (χ1n) is 9.18. The number of nitriles is 1. The number of carbonyl (C=O) groups excluding carboxylic acids is 1. The van der Waals surface area contributed by atoms with Crippen molar-refractivity contribution in [3.63, 3.8) is 0 Å². The number of nitrogens with one attached hydrogen (secondary N) is 2. The Morgan fingerprint density at radius 1 is 1.20 bits per heavy atom. The van der Waals surface area contributed by atoms with E-state index >= 15 is 0 Å². The van der Waals surface area contributed by atoms with Crippen molar-refractivity contribution in [3.8, 4) is 23.1 Å². The van der Waals surface area contributed by atoms with Gasteiger partial charge in [0.1, 0.15) is 17.3 Å². The van der Waals surface area contributed by atoms with Gasteiger partial charge in [0, 0.05) is 34.7 Å². The molecule has 6 nitrogen and oxygen atoms in total. The highest BCUT2D eigenvalue weighted by atomic mass is 19.1. The van der Waals surface area contributed by atoms with E-state index in [9.17, 15) is 9.18 Å². The molecule has 30 heavy (non-hydrogen) atoms. The van der Waals surface area contributed by atoms with Gasteiger partial charge >= 0.3 is 0 Å². The first-order chi connectivity index (χ1) is 14.6. The summed E-state index contributed by atoms with van der Waals surface area (Å²) >= 11 is 0. The lowest BCUT2D eigenvalue weighted by Gasteiger charge is -2.11. The molecule has 0 aliphatic carbocycles. The quantitative estimate of drug-likeness (QED) is 0.526. The van der Waals surface area contributed by atoms with Gasteiger partial charge < -0.3 is 10.1 Å². The molecule has 0 aliphatic rings. The normalized spacial score (nSPS) is 10.6. The number of aromatic amines is 1. The van der Waals surface area contributed by atoms with Crippen molar-refractivity contribution in [1.29, 1.82) is 5.26 Å². The molecule has 0 unspecified atom stereocenters. The van der Waals surface area contributed by atoms with Crippen molar-refractivity contribution in [1.82, 2.24) is 15.5 Å². The number of fused-ring (bicyclic) bond motifs is 1. The molecule has 4 rings (SSSR count). The second kappa shape index (κ2) is 8.05. The van der Waals surface area contributed by atoms with E-state index < -0.39 is 0 Å². The van der Waals surface area contributed by atoms with Crippen LogP contribution in [-0.2, 0) is 6.54 Å². The van der Waals surface area contributed by atoms with Gasteiger partial charge in [-0.3, -0.25) is 9.89 Å². The molecule has 0 aliphatic heterocycles. The number of methoxy groups -OCH3 is 1. The maximum absolute atomic E-state index is 13.7. The lowest BCUT2D eigenvalue weighted by atomic mass is 10.0.